The molecular weight excluding hydrogens is 332 g/mol. The van der Waals surface area contributed by atoms with E-state index in [1.54, 1.807) is 0 Å². The van der Waals surface area contributed by atoms with Crippen molar-refractivity contribution in [2.45, 2.75) is 13.8 Å². The average molecular weight is 353 g/mol. The summed E-state index contributed by atoms with van der Waals surface area (Å²) in [6.07, 6.45) is 0. The normalized spacial score (nSPS) is 18.7. The Morgan fingerprint density at radius 2 is 1.44 bits per heavy atom. The zero-order valence-electron chi connectivity index (χ0n) is 14.4. The minimum atomic E-state index is -4.52. The molecule has 0 radical (unpaired) electrons. The number of anilines is 1. The number of benzene rings is 3. The first-order chi connectivity index (χ1) is 12.1. The molecule has 0 aromatic heterocycles. The van der Waals surface area contributed by atoms with Crippen LogP contribution in [0.3, 0.4) is 0 Å². The number of halogens is 1. The van der Waals surface area contributed by atoms with E-state index in [2.05, 4.69) is 0 Å². The molecule has 0 spiro atoms. The number of fused-ring (bicyclic) bond motifs is 1. The first-order valence-electron chi connectivity index (χ1n) is 8.51. The van der Waals surface area contributed by atoms with Crippen molar-refractivity contribution in [1.82, 2.24) is 0 Å². The second kappa shape index (κ2) is 5.57. The predicted octanol–water partition coefficient (Wildman–Crippen LogP) is 5.13. The molecule has 0 amide bonds. The van der Waals surface area contributed by atoms with E-state index < -0.39 is 7.29 Å². The first-order valence-corrected chi connectivity index (χ1v) is 10.5. The zero-order valence-corrected chi connectivity index (χ0v) is 15.3. The molecule has 128 valence electrons. The summed E-state index contributed by atoms with van der Waals surface area (Å²) in [5.74, 6) is 0.620. The van der Waals surface area contributed by atoms with Gasteiger partial charge in [0.15, 0.2) is 0 Å². The van der Waals surface area contributed by atoms with E-state index in [0.29, 0.717) is 22.9 Å². The molecule has 0 N–H and O–H groups in total. The minimum absolute atomic E-state index is 0.522. The van der Waals surface area contributed by atoms with Gasteiger partial charge in [-0.1, -0.05) is 0 Å². The summed E-state index contributed by atoms with van der Waals surface area (Å²) in [6, 6.07) is 24.6. The maximum atomic E-state index is 17.6. The van der Waals surface area contributed by atoms with Crippen molar-refractivity contribution < 1.29 is 8.72 Å². The standard InChI is InChI=1S/C21H21FNOP/c1-3-23-20-15-14-17(2)16-21(20)24-25(23,22,18-10-6-4-7-11-18)19-12-8-5-9-13-19/h4-16H,3H2,1-2H3. The van der Waals surface area contributed by atoms with Crippen LogP contribution < -0.4 is 19.8 Å². The second-order valence-electron chi connectivity index (χ2n) is 6.34. The van der Waals surface area contributed by atoms with E-state index in [0.717, 1.165) is 11.3 Å². The van der Waals surface area contributed by atoms with Crippen molar-refractivity contribution in [3.63, 3.8) is 0 Å². The Balaban J connectivity index is 2.07. The van der Waals surface area contributed by atoms with Crippen LogP contribution in [0.1, 0.15) is 12.5 Å². The van der Waals surface area contributed by atoms with Crippen LogP contribution in [0.15, 0.2) is 78.9 Å². The van der Waals surface area contributed by atoms with Crippen molar-refractivity contribution in [3.8, 4) is 5.75 Å². The molecule has 0 saturated carbocycles. The van der Waals surface area contributed by atoms with Gasteiger partial charge >= 0.3 is 148 Å². The van der Waals surface area contributed by atoms with Crippen LogP contribution in [0.4, 0.5) is 9.88 Å². The van der Waals surface area contributed by atoms with Crippen molar-refractivity contribution in [1.29, 1.82) is 0 Å². The SMILES string of the molecule is CCN1c2ccc(C)cc2OP1(F)(c1ccccc1)c1ccccc1. The van der Waals surface area contributed by atoms with Crippen LogP contribution >= 0.6 is 7.29 Å². The Morgan fingerprint density at radius 3 is 1.96 bits per heavy atom. The summed E-state index contributed by atoms with van der Waals surface area (Å²) in [4.78, 5) is 0. The molecule has 4 rings (SSSR count). The van der Waals surface area contributed by atoms with Gasteiger partial charge in [-0.2, -0.15) is 0 Å². The summed E-state index contributed by atoms with van der Waals surface area (Å²) in [5.41, 5.74) is 1.88. The summed E-state index contributed by atoms with van der Waals surface area (Å²) in [5, 5.41) is 1.19. The van der Waals surface area contributed by atoms with Crippen LogP contribution in [0, 0.1) is 6.92 Å². The van der Waals surface area contributed by atoms with Gasteiger partial charge in [-0.05, 0) is 0 Å². The fourth-order valence-corrected chi connectivity index (χ4v) is 7.76. The molecule has 3 aromatic rings. The van der Waals surface area contributed by atoms with Crippen molar-refractivity contribution >= 4 is 23.6 Å². The second-order valence-corrected chi connectivity index (χ2v) is 9.82. The van der Waals surface area contributed by atoms with Crippen molar-refractivity contribution in [2.75, 3.05) is 11.2 Å². The number of hydrogen-bond donors (Lipinski definition) is 0. The molecule has 4 heteroatoms. The van der Waals surface area contributed by atoms with Crippen LogP contribution in [-0.4, -0.2) is 6.54 Å². The average Bonchev–Trinajstić information content (AvgIpc) is 2.93. The molecule has 0 fully saturated rings. The van der Waals surface area contributed by atoms with E-state index in [-0.39, 0.29) is 0 Å². The third kappa shape index (κ3) is 2.12. The van der Waals surface area contributed by atoms with Gasteiger partial charge in [-0.15, -0.1) is 0 Å². The van der Waals surface area contributed by atoms with E-state index in [1.807, 2.05) is 97.4 Å². The first kappa shape index (κ1) is 16.1. The Hall–Kier alpha value is -2.38. The Bertz CT molecular complexity index is 874. The number of hydrogen-bond acceptors (Lipinski definition) is 2. The molecule has 25 heavy (non-hydrogen) atoms. The third-order valence-corrected chi connectivity index (χ3v) is 9.07. The van der Waals surface area contributed by atoms with Gasteiger partial charge in [0.05, 0.1) is 0 Å². The van der Waals surface area contributed by atoms with Crippen molar-refractivity contribution in [3.05, 3.63) is 84.4 Å². The maximum absolute atomic E-state index is 17.6. The van der Waals surface area contributed by atoms with Crippen molar-refractivity contribution in [2.24, 2.45) is 0 Å². The number of aryl methyl sites for hydroxylation is 1. The molecule has 0 atom stereocenters. The topological polar surface area (TPSA) is 12.5 Å². The third-order valence-electron chi connectivity index (χ3n) is 4.80. The fraction of sp³-hybridized carbons (Fsp3) is 0.143. The molecule has 0 aliphatic carbocycles. The zero-order chi connectivity index (χ0) is 17.5. The Labute approximate surface area is 148 Å². The fourth-order valence-electron chi connectivity index (χ4n) is 3.66. The Kier molecular flexibility index (Phi) is 3.59. The van der Waals surface area contributed by atoms with Gasteiger partial charge < -0.3 is 0 Å². The van der Waals surface area contributed by atoms with E-state index >= 15 is 4.20 Å². The summed E-state index contributed by atoms with van der Waals surface area (Å²) < 4.78 is 25.8. The van der Waals surface area contributed by atoms with Gasteiger partial charge in [0, 0.05) is 0 Å². The summed E-state index contributed by atoms with van der Waals surface area (Å²) in [7, 11) is -4.52. The molecule has 0 bridgehead atoms. The molecule has 1 heterocycles. The van der Waals surface area contributed by atoms with Crippen LogP contribution in [-0.2, 0) is 0 Å². The van der Waals surface area contributed by atoms with Gasteiger partial charge in [0.25, 0.3) is 0 Å². The Morgan fingerprint density at radius 1 is 0.880 bits per heavy atom. The molecule has 0 unspecified atom stereocenters. The van der Waals surface area contributed by atoms with Crippen LogP contribution in [0.2, 0.25) is 0 Å². The molecular formula is C21H21FNOP. The molecule has 0 saturated heterocycles. The summed E-state index contributed by atoms with van der Waals surface area (Å²) >= 11 is 0. The summed E-state index contributed by atoms with van der Waals surface area (Å²) in [6.45, 7) is 4.50. The monoisotopic (exact) mass is 353 g/mol. The number of rotatable bonds is 3. The quantitative estimate of drug-likeness (QED) is 0.605. The molecule has 1 aliphatic heterocycles. The predicted molar refractivity (Wildman–Crippen MR) is 105 cm³/mol. The van der Waals surface area contributed by atoms with E-state index in [1.165, 1.54) is 0 Å². The van der Waals surface area contributed by atoms with Gasteiger partial charge in [-0.25, -0.2) is 0 Å². The van der Waals surface area contributed by atoms with Gasteiger partial charge in [-0.3, -0.25) is 0 Å². The molecule has 2 nitrogen and oxygen atoms in total. The number of nitrogens with zero attached hydrogens (tertiary/aromatic N) is 1. The van der Waals surface area contributed by atoms with Gasteiger partial charge in [0.2, 0.25) is 0 Å². The molecule has 3 aromatic carbocycles. The van der Waals surface area contributed by atoms with E-state index in [4.69, 9.17) is 4.52 Å². The molecule has 1 aliphatic rings. The van der Waals surface area contributed by atoms with E-state index in [9.17, 15) is 0 Å². The van der Waals surface area contributed by atoms with Crippen LogP contribution in [0.25, 0.3) is 0 Å². The van der Waals surface area contributed by atoms with Crippen LogP contribution in [0.5, 0.6) is 5.75 Å². The van der Waals surface area contributed by atoms with Gasteiger partial charge in [0.1, 0.15) is 0 Å².